The molecule has 2 aromatic rings. The third-order valence-corrected chi connectivity index (χ3v) is 5.12. The van der Waals surface area contributed by atoms with Crippen LogP contribution in [0.15, 0.2) is 47.4 Å². The summed E-state index contributed by atoms with van der Waals surface area (Å²) in [5, 5.41) is 2.86. The molecule has 0 aromatic heterocycles. The minimum Gasteiger partial charge on any atom is -0.326 e. The number of hydrogen-bond donors (Lipinski definition) is 2. The van der Waals surface area contributed by atoms with Gasteiger partial charge in [0.05, 0.1) is 4.90 Å². The Bertz CT molecular complexity index is 808. The zero-order chi connectivity index (χ0) is 17.7. The van der Waals surface area contributed by atoms with Gasteiger partial charge in [-0.3, -0.25) is 4.79 Å². The van der Waals surface area contributed by atoms with E-state index in [1.165, 1.54) is 12.1 Å². The van der Waals surface area contributed by atoms with Gasteiger partial charge < -0.3 is 5.32 Å². The van der Waals surface area contributed by atoms with Gasteiger partial charge in [0.1, 0.15) is 0 Å². The maximum absolute atomic E-state index is 12.1. The molecule has 24 heavy (non-hydrogen) atoms. The Morgan fingerprint density at radius 3 is 2.17 bits per heavy atom. The molecule has 6 heteroatoms. The second-order valence-electron chi connectivity index (χ2n) is 5.78. The van der Waals surface area contributed by atoms with Crippen molar-refractivity contribution in [1.82, 2.24) is 4.72 Å². The number of aryl methyl sites for hydroxylation is 3. The molecule has 128 valence electrons. The van der Waals surface area contributed by atoms with Crippen LogP contribution >= 0.6 is 0 Å². The van der Waals surface area contributed by atoms with E-state index in [0.29, 0.717) is 0 Å². The van der Waals surface area contributed by atoms with Crippen molar-refractivity contribution in [3.8, 4) is 0 Å². The summed E-state index contributed by atoms with van der Waals surface area (Å²) < 4.78 is 26.6. The van der Waals surface area contributed by atoms with Gasteiger partial charge in [-0.25, -0.2) is 13.1 Å². The zero-order valence-corrected chi connectivity index (χ0v) is 14.9. The molecular weight excluding hydrogens is 324 g/mol. The number of nitrogens with one attached hydrogen (secondary N) is 2. The van der Waals surface area contributed by atoms with Crippen LogP contribution in [-0.2, 0) is 14.8 Å². The number of amides is 1. The van der Waals surface area contributed by atoms with Crippen molar-refractivity contribution in [3.63, 3.8) is 0 Å². The van der Waals surface area contributed by atoms with Crippen molar-refractivity contribution >= 4 is 21.6 Å². The molecule has 0 saturated carbocycles. The molecule has 0 aliphatic carbocycles. The number of benzene rings is 2. The molecule has 0 bridgehead atoms. The number of carbonyl (C=O) groups is 1. The molecule has 0 radical (unpaired) electrons. The molecule has 0 unspecified atom stereocenters. The lowest BCUT2D eigenvalue weighted by Gasteiger charge is -2.13. The lowest BCUT2D eigenvalue weighted by atomic mass is 10.1. The van der Waals surface area contributed by atoms with Crippen molar-refractivity contribution in [1.29, 1.82) is 0 Å². The lowest BCUT2D eigenvalue weighted by Crippen LogP contribution is -2.28. The third kappa shape index (κ3) is 4.66. The highest BCUT2D eigenvalue weighted by atomic mass is 32.2. The Morgan fingerprint density at radius 1 is 1.00 bits per heavy atom. The average Bonchev–Trinajstić information content (AvgIpc) is 2.51. The van der Waals surface area contributed by atoms with Gasteiger partial charge in [0.15, 0.2) is 0 Å². The van der Waals surface area contributed by atoms with Gasteiger partial charge in [-0.15, -0.1) is 0 Å². The van der Waals surface area contributed by atoms with Gasteiger partial charge in [0.2, 0.25) is 15.9 Å². The van der Waals surface area contributed by atoms with Crippen LogP contribution < -0.4 is 10.0 Å². The summed E-state index contributed by atoms with van der Waals surface area (Å²) in [7, 11) is -3.58. The van der Waals surface area contributed by atoms with Gasteiger partial charge in [-0.2, -0.15) is 0 Å². The molecule has 0 heterocycles. The fraction of sp³-hybridized carbons (Fsp3) is 0.278. The van der Waals surface area contributed by atoms with E-state index in [1.54, 1.807) is 18.2 Å². The zero-order valence-electron chi connectivity index (χ0n) is 14.1. The lowest BCUT2D eigenvalue weighted by molar-refractivity contribution is -0.116. The van der Waals surface area contributed by atoms with E-state index in [-0.39, 0.29) is 23.8 Å². The highest BCUT2D eigenvalue weighted by molar-refractivity contribution is 7.89. The molecule has 0 fully saturated rings. The van der Waals surface area contributed by atoms with E-state index < -0.39 is 10.0 Å². The summed E-state index contributed by atoms with van der Waals surface area (Å²) in [5.41, 5.74) is 3.91. The Hall–Kier alpha value is -2.18. The summed E-state index contributed by atoms with van der Waals surface area (Å²) in [6, 6.07) is 12.1. The summed E-state index contributed by atoms with van der Waals surface area (Å²) in [6.45, 7) is 5.93. The highest BCUT2D eigenvalue weighted by Crippen LogP contribution is 2.22. The van der Waals surface area contributed by atoms with E-state index in [2.05, 4.69) is 10.0 Å². The predicted molar refractivity (Wildman–Crippen MR) is 95.5 cm³/mol. The summed E-state index contributed by atoms with van der Waals surface area (Å²) >= 11 is 0. The van der Waals surface area contributed by atoms with Crippen LogP contribution in [-0.4, -0.2) is 20.9 Å². The molecule has 1 amide bonds. The minimum atomic E-state index is -3.58. The van der Waals surface area contributed by atoms with Gasteiger partial charge in [-0.05, 0) is 44.0 Å². The summed E-state index contributed by atoms with van der Waals surface area (Å²) in [5.74, 6) is -0.221. The van der Waals surface area contributed by atoms with Crippen LogP contribution in [0.3, 0.4) is 0 Å². The molecule has 0 saturated heterocycles. The Kier molecular flexibility index (Phi) is 5.75. The number of rotatable bonds is 6. The van der Waals surface area contributed by atoms with E-state index in [4.69, 9.17) is 0 Å². The van der Waals surface area contributed by atoms with Crippen LogP contribution in [0, 0.1) is 20.8 Å². The predicted octanol–water partition coefficient (Wildman–Crippen LogP) is 2.92. The minimum absolute atomic E-state index is 0.0486. The standard InChI is InChI=1S/C18H22N2O3S/c1-13-11-14(2)18(15(3)12-13)20-17(21)9-10-19-24(22,23)16-7-5-4-6-8-16/h4-8,11-12,19H,9-10H2,1-3H3,(H,20,21). The second-order valence-corrected chi connectivity index (χ2v) is 7.55. The fourth-order valence-electron chi connectivity index (χ4n) is 2.56. The molecule has 5 nitrogen and oxygen atoms in total. The van der Waals surface area contributed by atoms with Crippen LogP contribution in [0.4, 0.5) is 5.69 Å². The number of anilines is 1. The summed E-state index contributed by atoms with van der Waals surface area (Å²) in [6.07, 6.45) is 0.0683. The van der Waals surface area contributed by atoms with Gasteiger partial charge >= 0.3 is 0 Å². The normalized spacial score (nSPS) is 11.3. The maximum atomic E-state index is 12.1. The first-order chi connectivity index (χ1) is 11.3. The SMILES string of the molecule is Cc1cc(C)c(NC(=O)CCNS(=O)(=O)c2ccccc2)c(C)c1. The van der Waals surface area contributed by atoms with Crippen LogP contribution in [0.1, 0.15) is 23.1 Å². The van der Waals surface area contributed by atoms with Gasteiger partial charge in [0, 0.05) is 18.7 Å². The smallest absolute Gasteiger partial charge is 0.240 e. The first-order valence-electron chi connectivity index (χ1n) is 7.72. The average molecular weight is 346 g/mol. The summed E-state index contributed by atoms with van der Waals surface area (Å²) in [4.78, 5) is 12.3. The third-order valence-electron chi connectivity index (χ3n) is 3.64. The molecule has 0 aliphatic heterocycles. The maximum Gasteiger partial charge on any atom is 0.240 e. The fourth-order valence-corrected chi connectivity index (χ4v) is 3.61. The van der Waals surface area contributed by atoms with E-state index in [0.717, 1.165) is 22.4 Å². The first-order valence-corrected chi connectivity index (χ1v) is 9.20. The van der Waals surface area contributed by atoms with E-state index >= 15 is 0 Å². The molecule has 0 spiro atoms. The Balaban J connectivity index is 1.93. The van der Waals surface area contributed by atoms with Gasteiger partial charge in [-0.1, -0.05) is 35.9 Å². The topological polar surface area (TPSA) is 75.3 Å². The molecule has 2 N–H and O–H groups in total. The van der Waals surface area contributed by atoms with E-state index in [9.17, 15) is 13.2 Å². The Labute approximate surface area is 143 Å². The van der Waals surface area contributed by atoms with Crippen LogP contribution in [0.2, 0.25) is 0 Å². The van der Waals surface area contributed by atoms with Crippen molar-refractivity contribution in [2.75, 3.05) is 11.9 Å². The quantitative estimate of drug-likeness (QED) is 0.844. The van der Waals surface area contributed by atoms with Crippen molar-refractivity contribution in [3.05, 3.63) is 59.2 Å². The van der Waals surface area contributed by atoms with E-state index in [1.807, 2.05) is 32.9 Å². The molecule has 0 aliphatic rings. The van der Waals surface area contributed by atoms with Crippen LogP contribution in [0.5, 0.6) is 0 Å². The molecular formula is C18H22N2O3S. The molecule has 2 aromatic carbocycles. The largest absolute Gasteiger partial charge is 0.326 e. The van der Waals surface area contributed by atoms with Crippen LogP contribution in [0.25, 0.3) is 0 Å². The number of carbonyl (C=O) groups excluding carboxylic acids is 1. The van der Waals surface area contributed by atoms with Gasteiger partial charge in [0.25, 0.3) is 0 Å². The number of sulfonamides is 1. The first kappa shape index (κ1) is 18.2. The Morgan fingerprint density at radius 2 is 1.58 bits per heavy atom. The highest BCUT2D eigenvalue weighted by Gasteiger charge is 2.14. The van der Waals surface area contributed by atoms with Crippen molar-refractivity contribution in [2.24, 2.45) is 0 Å². The molecule has 0 atom stereocenters. The second kappa shape index (κ2) is 7.59. The monoisotopic (exact) mass is 346 g/mol. The number of hydrogen-bond acceptors (Lipinski definition) is 3. The molecule has 2 rings (SSSR count). The van der Waals surface area contributed by atoms with Crippen molar-refractivity contribution < 1.29 is 13.2 Å². The van der Waals surface area contributed by atoms with Crippen molar-refractivity contribution in [2.45, 2.75) is 32.1 Å².